The number of aliphatic hydroxyl groups is 2. The van der Waals surface area contributed by atoms with Gasteiger partial charge in [0.05, 0.1) is 6.10 Å². The Morgan fingerprint density at radius 2 is 2.00 bits per heavy atom. The molecule has 0 aromatic rings. The molecular formula is C15H22O4. The summed E-state index contributed by atoms with van der Waals surface area (Å²) in [7, 11) is 0. The van der Waals surface area contributed by atoms with Crippen molar-refractivity contribution in [2.75, 3.05) is 6.61 Å². The first-order valence-corrected chi connectivity index (χ1v) is 7.02. The first-order chi connectivity index (χ1) is 8.73. The Kier molecular flexibility index (Phi) is 2.50. The fourth-order valence-electron chi connectivity index (χ4n) is 4.88. The van der Waals surface area contributed by atoms with Crippen molar-refractivity contribution >= 4 is 5.97 Å². The van der Waals surface area contributed by atoms with Crippen molar-refractivity contribution in [3.8, 4) is 0 Å². The molecule has 2 aliphatic carbocycles. The summed E-state index contributed by atoms with van der Waals surface area (Å²) in [5.41, 5.74) is -1.76. The van der Waals surface area contributed by atoms with Crippen LogP contribution in [-0.2, 0) is 9.53 Å². The monoisotopic (exact) mass is 266 g/mol. The number of fused-ring (bicyclic) bond motifs is 3. The van der Waals surface area contributed by atoms with E-state index >= 15 is 0 Å². The van der Waals surface area contributed by atoms with E-state index in [-0.39, 0.29) is 17.9 Å². The van der Waals surface area contributed by atoms with Crippen LogP contribution in [0.5, 0.6) is 0 Å². The van der Waals surface area contributed by atoms with Crippen molar-refractivity contribution in [1.82, 2.24) is 0 Å². The molecule has 0 amide bonds. The van der Waals surface area contributed by atoms with Gasteiger partial charge in [0, 0.05) is 16.9 Å². The maximum atomic E-state index is 12.1. The largest absolute Gasteiger partial charge is 0.459 e. The highest BCUT2D eigenvalue weighted by atomic mass is 16.6. The molecule has 4 unspecified atom stereocenters. The number of esters is 1. The predicted molar refractivity (Wildman–Crippen MR) is 69.2 cm³/mol. The summed E-state index contributed by atoms with van der Waals surface area (Å²) in [6, 6.07) is 0. The van der Waals surface area contributed by atoms with Gasteiger partial charge in [-0.25, -0.2) is 4.79 Å². The molecule has 3 rings (SSSR count). The van der Waals surface area contributed by atoms with Crippen molar-refractivity contribution in [3.05, 3.63) is 11.6 Å². The number of hydrogen-bond acceptors (Lipinski definition) is 4. The second-order valence-electron chi connectivity index (χ2n) is 7.21. The highest BCUT2D eigenvalue weighted by Gasteiger charge is 2.68. The SMILES string of the molecule is CC1(C)CCCC2(C)C1C(O)C=C1COC(=O)C12O. The lowest BCUT2D eigenvalue weighted by atomic mass is 9.46. The molecule has 1 saturated heterocycles. The van der Waals surface area contributed by atoms with E-state index < -0.39 is 23.1 Å². The van der Waals surface area contributed by atoms with Crippen LogP contribution in [0.25, 0.3) is 0 Å². The first-order valence-electron chi connectivity index (χ1n) is 7.02. The molecule has 1 heterocycles. The highest BCUT2D eigenvalue weighted by Crippen LogP contribution is 2.62. The smallest absolute Gasteiger partial charge is 0.343 e. The van der Waals surface area contributed by atoms with E-state index in [9.17, 15) is 15.0 Å². The molecule has 4 atom stereocenters. The quantitative estimate of drug-likeness (QED) is 0.514. The van der Waals surface area contributed by atoms with Crippen LogP contribution in [0.4, 0.5) is 0 Å². The molecule has 106 valence electrons. The van der Waals surface area contributed by atoms with Gasteiger partial charge in [-0.1, -0.05) is 27.2 Å². The van der Waals surface area contributed by atoms with Crippen molar-refractivity contribution in [2.45, 2.75) is 51.7 Å². The Bertz CT molecular complexity index is 467. The Morgan fingerprint density at radius 1 is 1.32 bits per heavy atom. The molecule has 1 saturated carbocycles. The van der Waals surface area contributed by atoms with Crippen LogP contribution < -0.4 is 0 Å². The van der Waals surface area contributed by atoms with Crippen molar-refractivity contribution < 1.29 is 19.7 Å². The van der Waals surface area contributed by atoms with E-state index in [1.807, 2.05) is 6.92 Å². The minimum atomic E-state index is -1.55. The second-order valence-corrected chi connectivity index (χ2v) is 7.21. The summed E-state index contributed by atoms with van der Waals surface area (Å²) in [6.45, 7) is 6.26. The topological polar surface area (TPSA) is 66.8 Å². The Morgan fingerprint density at radius 3 is 2.68 bits per heavy atom. The lowest BCUT2D eigenvalue weighted by molar-refractivity contribution is -0.189. The third-order valence-electron chi connectivity index (χ3n) is 5.70. The number of aliphatic hydroxyl groups excluding tert-OH is 1. The molecule has 19 heavy (non-hydrogen) atoms. The standard InChI is InChI=1S/C15H22O4/c1-13(2)5-4-6-14(3)11(13)10(16)7-9-8-19-12(17)15(9,14)18/h7,10-11,16,18H,4-6,8H2,1-3H3. The van der Waals surface area contributed by atoms with Gasteiger partial charge in [0.25, 0.3) is 0 Å². The summed E-state index contributed by atoms with van der Waals surface area (Å²) in [5.74, 6) is -0.677. The van der Waals surface area contributed by atoms with Crippen LogP contribution >= 0.6 is 0 Å². The normalized spacial score (nSPS) is 48.1. The Labute approximate surface area is 113 Å². The molecule has 3 aliphatic rings. The molecule has 2 fully saturated rings. The fourth-order valence-corrected chi connectivity index (χ4v) is 4.88. The average molecular weight is 266 g/mol. The van der Waals surface area contributed by atoms with Gasteiger partial charge in [0.2, 0.25) is 0 Å². The Balaban J connectivity index is 2.20. The van der Waals surface area contributed by atoms with E-state index in [4.69, 9.17) is 4.74 Å². The van der Waals surface area contributed by atoms with Crippen molar-refractivity contribution in [2.24, 2.45) is 16.7 Å². The number of rotatable bonds is 0. The molecule has 0 aromatic heterocycles. The molecule has 0 radical (unpaired) electrons. The minimum Gasteiger partial charge on any atom is -0.459 e. The zero-order valence-corrected chi connectivity index (χ0v) is 11.8. The highest BCUT2D eigenvalue weighted by molar-refractivity contribution is 5.88. The van der Waals surface area contributed by atoms with Gasteiger partial charge in [0.15, 0.2) is 5.60 Å². The van der Waals surface area contributed by atoms with Crippen LogP contribution in [0, 0.1) is 16.7 Å². The Hall–Kier alpha value is -0.870. The number of hydrogen-bond donors (Lipinski definition) is 2. The fraction of sp³-hybridized carbons (Fsp3) is 0.800. The molecule has 4 nitrogen and oxygen atoms in total. The summed E-state index contributed by atoms with van der Waals surface area (Å²) in [6.07, 6.45) is 3.71. The molecule has 0 bridgehead atoms. The van der Waals surface area contributed by atoms with E-state index in [1.165, 1.54) is 0 Å². The number of carbonyl (C=O) groups excluding carboxylic acids is 1. The third kappa shape index (κ3) is 1.39. The van der Waals surface area contributed by atoms with Gasteiger partial charge < -0.3 is 14.9 Å². The lowest BCUT2D eigenvalue weighted by Crippen LogP contribution is -2.64. The van der Waals surface area contributed by atoms with Gasteiger partial charge in [-0.15, -0.1) is 0 Å². The van der Waals surface area contributed by atoms with Gasteiger partial charge >= 0.3 is 5.97 Å². The molecular weight excluding hydrogens is 244 g/mol. The van der Waals surface area contributed by atoms with E-state index in [2.05, 4.69) is 13.8 Å². The van der Waals surface area contributed by atoms with Crippen LogP contribution in [0.1, 0.15) is 40.0 Å². The molecule has 0 aromatic carbocycles. The second kappa shape index (κ2) is 3.61. The zero-order chi connectivity index (χ0) is 14.1. The van der Waals surface area contributed by atoms with Crippen LogP contribution in [0.15, 0.2) is 11.6 Å². The van der Waals surface area contributed by atoms with Gasteiger partial charge in [-0.3, -0.25) is 0 Å². The predicted octanol–water partition coefficient (Wildman–Crippen LogP) is 1.41. The van der Waals surface area contributed by atoms with Crippen molar-refractivity contribution in [3.63, 3.8) is 0 Å². The maximum Gasteiger partial charge on any atom is 0.343 e. The number of cyclic esters (lactones) is 1. The van der Waals surface area contributed by atoms with Crippen molar-refractivity contribution in [1.29, 1.82) is 0 Å². The van der Waals surface area contributed by atoms with Gasteiger partial charge in [-0.05, 0) is 24.3 Å². The molecule has 4 heteroatoms. The molecule has 0 spiro atoms. The summed E-state index contributed by atoms with van der Waals surface area (Å²) in [4.78, 5) is 12.1. The average Bonchev–Trinajstić information content (AvgIpc) is 2.57. The van der Waals surface area contributed by atoms with Crippen LogP contribution in [0.2, 0.25) is 0 Å². The van der Waals surface area contributed by atoms with E-state index in [0.717, 1.165) is 19.3 Å². The summed E-state index contributed by atoms with van der Waals surface area (Å²) < 4.78 is 5.07. The molecule has 1 aliphatic heterocycles. The number of ether oxygens (including phenoxy) is 1. The zero-order valence-electron chi connectivity index (χ0n) is 11.8. The summed E-state index contributed by atoms with van der Waals surface area (Å²) >= 11 is 0. The van der Waals surface area contributed by atoms with Crippen LogP contribution in [-0.4, -0.2) is 34.5 Å². The van der Waals surface area contributed by atoms with E-state index in [1.54, 1.807) is 6.08 Å². The molecule has 2 N–H and O–H groups in total. The van der Waals surface area contributed by atoms with Gasteiger partial charge in [0.1, 0.15) is 6.61 Å². The minimum absolute atomic E-state index is 0.104. The van der Waals surface area contributed by atoms with Gasteiger partial charge in [-0.2, -0.15) is 0 Å². The van der Waals surface area contributed by atoms with Crippen LogP contribution in [0.3, 0.4) is 0 Å². The lowest BCUT2D eigenvalue weighted by Gasteiger charge is -2.58. The number of carbonyl (C=O) groups is 1. The third-order valence-corrected chi connectivity index (χ3v) is 5.70. The summed E-state index contributed by atoms with van der Waals surface area (Å²) in [5, 5.41) is 21.5. The first kappa shape index (κ1) is 13.1. The van der Waals surface area contributed by atoms with E-state index in [0.29, 0.717) is 5.57 Å². The maximum absolute atomic E-state index is 12.1.